The number of fused-ring (bicyclic) bond motifs is 1. The number of carbonyl (C=O) groups is 1. The summed E-state index contributed by atoms with van der Waals surface area (Å²) in [7, 11) is 1.74. The number of benzene rings is 2. The first-order valence-corrected chi connectivity index (χ1v) is 10.00. The number of anilines is 2. The summed E-state index contributed by atoms with van der Waals surface area (Å²) in [6, 6.07) is 14.7. The number of rotatable bonds is 3. The molecule has 1 N–H and O–H groups in total. The molecule has 4 rings (SSSR count). The van der Waals surface area contributed by atoms with Crippen molar-refractivity contribution in [3.05, 3.63) is 59.9 Å². The zero-order chi connectivity index (χ0) is 20.2. The molecule has 30 heavy (non-hydrogen) atoms. The van der Waals surface area contributed by atoms with E-state index in [1.807, 2.05) is 35.2 Å². The zero-order valence-corrected chi connectivity index (χ0v) is 19.4. The standard InChI is InChI=1S/C22H26FN5O.HI/c1-24-22(25-16-21(29)28-11-10-17-4-2-3-5-20(17)28)27-14-12-26(13-15-27)19-8-6-18(23)7-9-19;/h2-9H,10-16H2,1H3,(H,24,25);1H. The molecule has 0 saturated carbocycles. The predicted octanol–water partition coefficient (Wildman–Crippen LogP) is 2.73. The molecule has 0 aromatic heterocycles. The monoisotopic (exact) mass is 523 g/mol. The number of guanidine groups is 1. The Morgan fingerprint density at radius 2 is 1.73 bits per heavy atom. The van der Waals surface area contributed by atoms with Gasteiger partial charge in [0.25, 0.3) is 0 Å². The molecule has 1 saturated heterocycles. The smallest absolute Gasteiger partial charge is 0.246 e. The van der Waals surface area contributed by atoms with Crippen LogP contribution >= 0.6 is 24.0 Å². The summed E-state index contributed by atoms with van der Waals surface area (Å²) >= 11 is 0. The molecular weight excluding hydrogens is 496 g/mol. The van der Waals surface area contributed by atoms with Crippen LogP contribution in [0.3, 0.4) is 0 Å². The van der Waals surface area contributed by atoms with Crippen molar-refractivity contribution in [2.24, 2.45) is 4.99 Å². The lowest BCUT2D eigenvalue weighted by molar-refractivity contribution is -0.117. The number of amides is 1. The van der Waals surface area contributed by atoms with Crippen molar-refractivity contribution in [2.45, 2.75) is 6.42 Å². The number of nitrogens with one attached hydrogen (secondary N) is 1. The fourth-order valence-electron chi connectivity index (χ4n) is 4.01. The minimum absolute atomic E-state index is 0. The third-order valence-electron chi connectivity index (χ3n) is 5.57. The second-order valence-corrected chi connectivity index (χ2v) is 7.28. The third-order valence-corrected chi connectivity index (χ3v) is 5.57. The van der Waals surface area contributed by atoms with E-state index in [-0.39, 0.29) is 42.2 Å². The van der Waals surface area contributed by atoms with Crippen molar-refractivity contribution >= 4 is 47.2 Å². The molecule has 0 bridgehead atoms. The molecule has 2 aromatic carbocycles. The first-order valence-electron chi connectivity index (χ1n) is 10.00. The van der Waals surface area contributed by atoms with Gasteiger partial charge in [-0.15, -0.1) is 24.0 Å². The highest BCUT2D eigenvalue weighted by molar-refractivity contribution is 14.0. The molecule has 2 aliphatic rings. The van der Waals surface area contributed by atoms with E-state index < -0.39 is 0 Å². The van der Waals surface area contributed by atoms with Crippen LogP contribution in [0.25, 0.3) is 0 Å². The van der Waals surface area contributed by atoms with E-state index in [2.05, 4.69) is 26.2 Å². The van der Waals surface area contributed by atoms with Crippen LogP contribution in [-0.2, 0) is 11.2 Å². The maximum absolute atomic E-state index is 13.1. The zero-order valence-electron chi connectivity index (χ0n) is 17.1. The lowest BCUT2D eigenvalue weighted by Gasteiger charge is -2.37. The van der Waals surface area contributed by atoms with Crippen molar-refractivity contribution in [1.82, 2.24) is 10.2 Å². The van der Waals surface area contributed by atoms with Gasteiger partial charge >= 0.3 is 0 Å². The number of nitrogens with zero attached hydrogens (tertiary/aromatic N) is 4. The number of piperazine rings is 1. The lowest BCUT2D eigenvalue weighted by atomic mass is 10.2. The number of halogens is 2. The third kappa shape index (κ3) is 4.85. The van der Waals surface area contributed by atoms with Gasteiger partial charge in [0.2, 0.25) is 5.91 Å². The van der Waals surface area contributed by atoms with Gasteiger partial charge in [0, 0.05) is 51.1 Å². The summed E-state index contributed by atoms with van der Waals surface area (Å²) in [6.45, 7) is 4.17. The topological polar surface area (TPSA) is 51.2 Å². The van der Waals surface area contributed by atoms with Gasteiger partial charge in [-0.2, -0.15) is 0 Å². The molecule has 1 fully saturated rings. The van der Waals surface area contributed by atoms with Gasteiger partial charge in [-0.05, 0) is 42.3 Å². The van der Waals surface area contributed by atoms with E-state index in [9.17, 15) is 9.18 Å². The number of hydrogen-bond acceptors (Lipinski definition) is 3. The van der Waals surface area contributed by atoms with Gasteiger partial charge in [0.1, 0.15) is 5.82 Å². The Kier molecular flexibility index (Phi) is 7.52. The fraction of sp³-hybridized carbons (Fsp3) is 0.364. The minimum Gasteiger partial charge on any atom is -0.368 e. The van der Waals surface area contributed by atoms with E-state index in [4.69, 9.17) is 0 Å². The number of para-hydroxylation sites is 1. The van der Waals surface area contributed by atoms with Crippen molar-refractivity contribution in [2.75, 3.05) is 56.1 Å². The van der Waals surface area contributed by atoms with Crippen LogP contribution in [0.15, 0.2) is 53.5 Å². The van der Waals surface area contributed by atoms with E-state index in [1.165, 1.54) is 17.7 Å². The molecule has 2 aliphatic heterocycles. The van der Waals surface area contributed by atoms with Crippen molar-refractivity contribution < 1.29 is 9.18 Å². The molecule has 160 valence electrons. The molecule has 8 heteroatoms. The summed E-state index contributed by atoms with van der Waals surface area (Å²) in [5, 5.41) is 3.23. The second kappa shape index (κ2) is 10.1. The number of carbonyl (C=O) groups excluding carboxylic acids is 1. The Labute approximate surface area is 193 Å². The maximum atomic E-state index is 13.1. The van der Waals surface area contributed by atoms with Crippen LogP contribution in [0.2, 0.25) is 0 Å². The van der Waals surface area contributed by atoms with Gasteiger partial charge in [-0.25, -0.2) is 4.39 Å². The van der Waals surface area contributed by atoms with Crippen LogP contribution in [0, 0.1) is 5.82 Å². The molecule has 0 spiro atoms. The molecule has 2 heterocycles. The molecule has 6 nitrogen and oxygen atoms in total. The number of hydrogen-bond donors (Lipinski definition) is 1. The summed E-state index contributed by atoms with van der Waals surface area (Å²) in [5.41, 5.74) is 3.27. The largest absolute Gasteiger partial charge is 0.368 e. The molecule has 0 unspecified atom stereocenters. The second-order valence-electron chi connectivity index (χ2n) is 7.28. The summed E-state index contributed by atoms with van der Waals surface area (Å²) in [6.07, 6.45) is 0.905. The Hall–Kier alpha value is -2.36. The van der Waals surface area contributed by atoms with Gasteiger partial charge in [-0.1, -0.05) is 18.2 Å². The number of aliphatic imine (C=N–C) groups is 1. The summed E-state index contributed by atoms with van der Waals surface area (Å²) in [4.78, 5) is 23.3. The van der Waals surface area contributed by atoms with Crippen molar-refractivity contribution in [3.63, 3.8) is 0 Å². The predicted molar refractivity (Wildman–Crippen MR) is 129 cm³/mol. The molecule has 0 aliphatic carbocycles. The highest BCUT2D eigenvalue weighted by Crippen LogP contribution is 2.27. The van der Waals surface area contributed by atoms with Crippen molar-refractivity contribution in [1.29, 1.82) is 0 Å². The SMILES string of the molecule is CN=C(NCC(=O)N1CCc2ccccc21)N1CCN(c2ccc(F)cc2)CC1.I. The molecular formula is C22H27FIN5O. The Morgan fingerprint density at radius 3 is 2.43 bits per heavy atom. The Morgan fingerprint density at radius 1 is 1.03 bits per heavy atom. The van der Waals surface area contributed by atoms with Gasteiger partial charge in [0.05, 0.1) is 6.54 Å². The first-order chi connectivity index (χ1) is 14.2. The van der Waals surface area contributed by atoms with E-state index in [0.717, 1.165) is 56.5 Å². The first kappa shape index (κ1) is 22.3. The van der Waals surface area contributed by atoms with Crippen LogP contribution in [0.5, 0.6) is 0 Å². The maximum Gasteiger partial charge on any atom is 0.246 e. The van der Waals surface area contributed by atoms with E-state index >= 15 is 0 Å². The van der Waals surface area contributed by atoms with Crippen molar-refractivity contribution in [3.8, 4) is 0 Å². The Bertz CT molecular complexity index is 897. The van der Waals surface area contributed by atoms with Gasteiger partial charge in [0.15, 0.2) is 5.96 Å². The van der Waals surface area contributed by atoms with Gasteiger partial charge in [-0.3, -0.25) is 9.79 Å². The van der Waals surface area contributed by atoms with Gasteiger partial charge < -0.3 is 20.0 Å². The highest BCUT2D eigenvalue weighted by Gasteiger charge is 2.25. The van der Waals surface area contributed by atoms with Crippen LogP contribution in [0.4, 0.5) is 15.8 Å². The molecule has 2 aromatic rings. The van der Waals surface area contributed by atoms with Crippen LogP contribution in [-0.4, -0.2) is 63.1 Å². The fourth-order valence-corrected chi connectivity index (χ4v) is 4.01. The normalized spacial score (nSPS) is 16.2. The Balaban J connectivity index is 0.00000256. The minimum atomic E-state index is -0.220. The highest BCUT2D eigenvalue weighted by atomic mass is 127. The lowest BCUT2D eigenvalue weighted by Crippen LogP contribution is -2.54. The van der Waals surface area contributed by atoms with E-state index in [1.54, 1.807) is 7.05 Å². The molecule has 0 radical (unpaired) electrons. The average Bonchev–Trinajstić information content (AvgIpc) is 3.19. The summed E-state index contributed by atoms with van der Waals surface area (Å²) in [5.74, 6) is 0.577. The van der Waals surface area contributed by atoms with Crippen LogP contribution in [0.1, 0.15) is 5.56 Å². The van der Waals surface area contributed by atoms with E-state index in [0.29, 0.717) is 0 Å². The molecule has 1 amide bonds. The van der Waals surface area contributed by atoms with Crippen LogP contribution < -0.4 is 15.1 Å². The quantitative estimate of drug-likeness (QED) is 0.382. The summed E-state index contributed by atoms with van der Waals surface area (Å²) < 4.78 is 13.1. The average molecular weight is 523 g/mol. The molecule has 0 atom stereocenters.